The fourth-order valence-electron chi connectivity index (χ4n) is 2.09. The van der Waals surface area contributed by atoms with Gasteiger partial charge < -0.3 is 10.4 Å². The first-order valence-electron chi connectivity index (χ1n) is 5.73. The van der Waals surface area contributed by atoms with Crippen LogP contribution in [0, 0.1) is 17.7 Å². The normalized spacial score (nSPS) is 14.6. The molecule has 0 amide bonds. The average Bonchev–Trinajstić information content (AvgIpc) is 2.28. The zero-order valence-electron chi connectivity index (χ0n) is 10.6. The molecule has 0 saturated heterocycles. The second-order valence-corrected chi connectivity index (χ2v) is 5.46. The maximum absolute atomic E-state index is 13.8. The molecule has 0 aliphatic rings. The Morgan fingerprint density at radius 3 is 2.50 bits per heavy atom. The third-order valence-electron chi connectivity index (χ3n) is 2.97. The fourth-order valence-corrected chi connectivity index (χ4v) is 2.47. The van der Waals surface area contributed by atoms with Gasteiger partial charge in [0, 0.05) is 16.1 Å². The van der Waals surface area contributed by atoms with E-state index < -0.39 is 23.7 Å². The topological polar surface area (TPSA) is 49.3 Å². The smallest absolute Gasteiger partial charge is 0.308 e. The van der Waals surface area contributed by atoms with Crippen molar-refractivity contribution in [1.29, 1.82) is 0 Å². The molecule has 1 aromatic rings. The van der Waals surface area contributed by atoms with Gasteiger partial charge in [0.2, 0.25) is 0 Å². The molecule has 0 aliphatic carbocycles. The van der Waals surface area contributed by atoms with Gasteiger partial charge in [-0.3, -0.25) is 4.79 Å². The van der Waals surface area contributed by atoms with Crippen LogP contribution in [0.25, 0.3) is 0 Å². The molecule has 0 saturated carbocycles. The van der Waals surface area contributed by atoms with Crippen molar-refractivity contribution in [2.75, 3.05) is 7.05 Å². The van der Waals surface area contributed by atoms with E-state index in [0.717, 1.165) is 4.47 Å². The lowest BCUT2D eigenvalue weighted by atomic mass is 9.84. The summed E-state index contributed by atoms with van der Waals surface area (Å²) in [5.74, 6) is -2.11. The van der Waals surface area contributed by atoms with Crippen molar-refractivity contribution >= 4 is 21.9 Å². The summed E-state index contributed by atoms with van der Waals surface area (Å²) in [6, 6.07) is 3.99. The molecular formula is C13H17BrFNO2. The summed E-state index contributed by atoms with van der Waals surface area (Å²) in [6.45, 7) is 3.64. The van der Waals surface area contributed by atoms with Gasteiger partial charge in [-0.05, 0) is 31.2 Å². The molecule has 0 aromatic heterocycles. The van der Waals surface area contributed by atoms with Gasteiger partial charge in [0.1, 0.15) is 5.82 Å². The van der Waals surface area contributed by atoms with Crippen molar-refractivity contribution in [3.8, 4) is 0 Å². The Balaban J connectivity index is 3.23. The predicted octanol–water partition coefficient (Wildman–Crippen LogP) is 3.21. The summed E-state index contributed by atoms with van der Waals surface area (Å²) < 4.78 is 14.6. The van der Waals surface area contributed by atoms with E-state index in [1.165, 1.54) is 6.07 Å². The summed E-state index contributed by atoms with van der Waals surface area (Å²) in [4.78, 5) is 11.3. The fraction of sp³-hybridized carbons (Fsp3) is 0.462. The first-order chi connectivity index (χ1) is 8.38. The van der Waals surface area contributed by atoms with Crippen molar-refractivity contribution < 1.29 is 14.3 Å². The van der Waals surface area contributed by atoms with Crippen LogP contribution in [0.15, 0.2) is 22.7 Å². The largest absolute Gasteiger partial charge is 0.481 e. The highest BCUT2D eigenvalue weighted by molar-refractivity contribution is 9.10. The van der Waals surface area contributed by atoms with Gasteiger partial charge in [0.15, 0.2) is 0 Å². The molecule has 0 radical (unpaired) electrons. The third kappa shape index (κ3) is 3.29. The van der Waals surface area contributed by atoms with Crippen molar-refractivity contribution in [3.05, 3.63) is 34.1 Å². The van der Waals surface area contributed by atoms with Crippen LogP contribution in [-0.2, 0) is 4.79 Å². The number of carboxylic acid groups (broad SMARTS) is 1. The van der Waals surface area contributed by atoms with Crippen LogP contribution in [0.5, 0.6) is 0 Å². The monoisotopic (exact) mass is 317 g/mol. The first kappa shape index (κ1) is 15.1. The van der Waals surface area contributed by atoms with Gasteiger partial charge in [0.05, 0.1) is 5.92 Å². The van der Waals surface area contributed by atoms with Gasteiger partial charge in [-0.2, -0.15) is 0 Å². The number of aliphatic carboxylic acids is 1. The minimum atomic E-state index is -0.927. The molecule has 0 aliphatic heterocycles. The Labute approximate surface area is 115 Å². The van der Waals surface area contributed by atoms with Crippen molar-refractivity contribution in [2.45, 2.75) is 19.9 Å². The van der Waals surface area contributed by atoms with E-state index in [4.69, 9.17) is 0 Å². The zero-order chi connectivity index (χ0) is 13.9. The molecule has 1 rings (SSSR count). The number of nitrogens with one attached hydrogen (secondary N) is 1. The van der Waals surface area contributed by atoms with E-state index in [1.54, 1.807) is 19.2 Å². The first-order valence-corrected chi connectivity index (χ1v) is 6.52. The summed E-state index contributed by atoms with van der Waals surface area (Å²) in [5.41, 5.74) is 0.368. The quantitative estimate of drug-likeness (QED) is 0.876. The van der Waals surface area contributed by atoms with Gasteiger partial charge in [-0.25, -0.2) is 4.39 Å². The number of rotatable bonds is 5. The Morgan fingerprint density at radius 2 is 2.06 bits per heavy atom. The van der Waals surface area contributed by atoms with Gasteiger partial charge >= 0.3 is 5.97 Å². The third-order valence-corrected chi connectivity index (χ3v) is 3.46. The van der Waals surface area contributed by atoms with Crippen LogP contribution in [0.1, 0.15) is 25.5 Å². The molecule has 0 heterocycles. The van der Waals surface area contributed by atoms with E-state index >= 15 is 0 Å². The SMILES string of the molecule is CNC(c1cc(Br)ccc1F)C(C(=O)O)C(C)C. The average molecular weight is 318 g/mol. The molecular weight excluding hydrogens is 301 g/mol. The zero-order valence-corrected chi connectivity index (χ0v) is 12.2. The van der Waals surface area contributed by atoms with Gasteiger partial charge in [0.25, 0.3) is 0 Å². The molecule has 2 atom stereocenters. The van der Waals surface area contributed by atoms with Crippen LogP contribution >= 0.6 is 15.9 Å². The highest BCUT2D eigenvalue weighted by atomic mass is 79.9. The molecule has 5 heteroatoms. The molecule has 2 unspecified atom stereocenters. The molecule has 0 bridgehead atoms. The molecule has 3 nitrogen and oxygen atoms in total. The molecule has 2 N–H and O–H groups in total. The number of carbonyl (C=O) groups is 1. The standard InChI is InChI=1S/C13H17BrFNO2/c1-7(2)11(13(17)18)12(16-3)9-6-8(14)4-5-10(9)15/h4-7,11-12,16H,1-3H3,(H,17,18). The van der Waals surface area contributed by atoms with Gasteiger partial charge in [-0.1, -0.05) is 29.8 Å². The number of halogens is 2. The lowest BCUT2D eigenvalue weighted by Gasteiger charge is -2.27. The Bertz CT molecular complexity index is 437. The number of carboxylic acids is 1. The van der Waals surface area contributed by atoms with Crippen LogP contribution < -0.4 is 5.32 Å². The summed E-state index contributed by atoms with van der Waals surface area (Å²) in [6.07, 6.45) is 0. The van der Waals surface area contributed by atoms with E-state index in [0.29, 0.717) is 5.56 Å². The highest BCUT2D eigenvalue weighted by Gasteiger charge is 2.32. The number of benzene rings is 1. The Morgan fingerprint density at radius 1 is 1.44 bits per heavy atom. The maximum Gasteiger partial charge on any atom is 0.308 e. The van der Waals surface area contributed by atoms with E-state index in [2.05, 4.69) is 21.2 Å². The predicted molar refractivity (Wildman–Crippen MR) is 71.9 cm³/mol. The van der Waals surface area contributed by atoms with Gasteiger partial charge in [-0.15, -0.1) is 0 Å². The minimum Gasteiger partial charge on any atom is -0.481 e. The Kier molecular flexibility index (Phi) is 5.28. The molecule has 18 heavy (non-hydrogen) atoms. The van der Waals surface area contributed by atoms with Crippen molar-refractivity contribution in [1.82, 2.24) is 5.32 Å². The second-order valence-electron chi connectivity index (χ2n) is 4.54. The highest BCUT2D eigenvalue weighted by Crippen LogP contribution is 2.31. The van der Waals surface area contributed by atoms with Crippen LogP contribution in [0.2, 0.25) is 0 Å². The van der Waals surface area contributed by atoms with Crippen LogP contribution in [0.4, 0.5) is 4.39 Å². The lowest BCUT2D eigenvalue weighted by molar-refractivity contribution is -0.144. The minimum absolute atomic E-state index is 0.0988. The summed E-state index contributed by atoms with van der Waals surface area (Å²) >= 11 is 3.28. The van der Waals surface area contributed by atoms with E-state index in [1.807, 2.05) is 13.8 Å². The summed E-state index contributed by atoms with van der Waals surface area (Å²) in [5, 5.41) is 12.2. The van der Waals surface area contributed by atoms with E-state index in [-0.39, 0.29) is 5.92 Å². The number of hydrogen-bond acceptors (Lipinski definition) is 2. The van der Waals surface area contributed by atoms with Crippen molar-refractivity contribution in [2.24, 2.45) is 11.8 Å². The van der Waals surface area contributed by atoms with Crippen molar-refractivity contribution in [3.63, 3.8) is 0 Å². The molecule has 0 fully saturated rings. The van der Waals surface area contributed by atoms with E-state index in [9.17, 15) is 14.3 Å². The summed E-state index contributed by atoms with van der Waals surface area (Å²) in [7, 11) is 1.64. The maximum atomic E-state index is 13.8. The van der Waals surface area contributed by atoms with Crippen LogP contribution in [-0.4, -0.2) is 18.1 Å². The lowest BCUT2D eigenvalue weighted by Crippen LogP contribution is -2.34. The van der Waals surface area contributed by atoms with Crippen LogP contribution in [0.3, 0.4) is 0 Å². The second kappa shape index (κ2) is 6.29. The molecule has 100 valence electrons. The molecule has 1 aromatic carbocycles. The molecule has 0 spiro atoms. The number of hydrogen-bond donors (Lipinski definition) is 2. The Hall–Kier alpha value is -0.940.